The zero-order valence-electron chi connectivity index (χ0n) is 25.8. The minimum absolute atomic E-state index is 0.334. The van der Waals surface area contributed by atoms with Gasteiger partial charge in [0.2, 0.25) is 5.91 Å². The van der Waals surface area contributed by atoms with Crippen molar-refractivity contribution in [1.82, 2.24) is 10.2 Å². The summed E-state index contributed by atoms with van der Waals surface area (Å²) in [6, 6.07) is 11.1. The Labute approximate surface area is 246 Å². The van der Waals surface area contributed by atoms with Crippen LogP contribution in [0.2, 0.25) is 0 Å². The van der Waals surface area contributed by atoms with E-state index in [-0.39, 0.29) is 11.8 Å². The van der Waals surface area contributed by atoms with Gasteiger partial charge in [0, 0.05) is 17.8 Å². The second-order valence-corrected chi connectivity index (χ2v) is 11.6. The first-order valence-corrected chi connectivity index (χ1v) is 14.6. The number of unbranched alkanes of at least 4 members (excludes halogenated alkanes) is 5. The van der Waals surface area contributed by atoms with Gasteiger partial charge in [-0.15, -0.1) is 6.42 Å². The molecule has 0 heterocycles. The van der Waals surface area contributed by atoms with Gasteiger partial charge >= 0.3 is 6.09 Å². The second-order valence-electron chi connectivity index (χ2n) is 11.6. The molecule has 0 aliphatic heterocycles. The summed E-state index contributed by atoms with van der Waals surface area (Å²) < 4.78 is 5.38. The highest BCUT2D eigenvalue weighted by atomic mass is 16.6. The van der Waals surface area contributed by atoms with Crippen molar-refractivity contribution >= 4 is 23.6 Å². The van der Waals surface area contributed by atoms with Crippen molar-refractivity contribution in [2.24, 2.45) is 0 Å². The fourth-order valence-electron chi connectivity index (χ4n) is 4.66. The van der Waals surface area contributed by atoms with Gasteiger partial charge in [-0.05, 0) is 76.8 Å². The summed E-state index contributed by atoms with van der Waals surface area (Å²) in [6.45, 7) is 13.3. The predicted octanol–water partition coefficient (Wildman–Crippen LogP) is 7.07. The molecule has 0 aliphatic rings. The van der Waals surface area contributed by atoms with Crippen LogP contribution in [0.5, 0.6) is 0 Å². The smallest absolute Gasteiger partial charge is 0.408 e. The van der Waals surface area contributed by atoms with E-state index in [0.717, 1.165) is 48.9 Å². The van der Waals surface area contributed by atoms with Gasteiger partial charge in [-0.2, -0.15) is 0 Å². The molecule has 2 N–H and O–H groups in total. The molecular weight excluding hydrogens is 514 g/mol. The minimum Gasteiger partial charge on any atom is -0.444 e. The van der Waals surface area contributed by atoms with Gasteiger partial charge in [-0.3, -0.25) is 9.59 Å². The highest BCUT2D eigenvalue weighted by Gasteiger charge is 2.35. The van der Waals surface area contributed by atoms with E-state index >= 15 is 0 Å². The highest BCUT2D eigenvalue weighted by molar-refractivity contribution is 5.99. The maximum absolute atomic E-state index is 14.1. The van der Waals surface area contributed by atoms with Gasteiger partial charge < -0.3 is 20.3 Å². The van der Waals surface area contributed by atoms with Gasteiger partial charge in [0.25, 0.3) is 5.91 Å². The summed E-state index contributed by atoms with van der Waals surface area (Å²) >= 11 is 0. The Morgan fingerprint density at radius 1 is 0.951 bits per heavy atom. The number of aryl methyl sites for hydroxylation is 2. The van der Waals surface area contributed by atoms with E-state index in [1.54, 1.807) is 56.9 Å². The van der Waals surface area contributed by atoms with Gasteiger partial charge in [-0.25, -0.2) is 4.79 Å². The summed E-state index contributed by atoms with van der Waals surface area (Å²) in [5, 5.41) is 5.74. The molecule has 3 amide bonds. The third-order valence-electron chi connectivity index (χ3n) is 6.82. The lowest BCUT2D eigenvalue weighted by atomic mass is 10.00. The molecule has 0 radical (unpaired) electrons. The van der Waals surface area contributed by atoms with E-state index in [0.29, 0.717) is 17.7 Å². The first-order valence-electron chi connectivity index (χ1n) is 14.6. The van der Waals surface area contributed by atoms with Crippen LogP contribution in [0.15, 0.2) is 42.5 Å². The number of alkyl carbamates (subject to hydrolysis) is 1. The molecule has 7 heteroatoms. The van der Waals surface area contributed by atoms with Crippen LogP contribution in [-0.2, 0) is 14.3 Å². The number of para-hydroxylation sites is 1. The summed E-state index contributed by atoms with van der Waals surface area (Å²) in [6.07, 6.45) is 11.0. The number of amides is 3. The Kier molecular flexibility index (Phi) is 12.9. The third kappa shape index (κ3) is 10.6. The summed E-state index contributed by atoms with van der Waals surface area (Å²) in [5.74, 6) is 1.90. The van der Waals surface area contributed by atoms with Crippen LogP contribution in [0.25, 0.3) is 0 Å². The van der Waals surface area contributed by atoms with E-state index in [9.17, 15) is 14.4 Å². The molecular formula is C34H47N3O4. The number of carbonyl (C=O) groups excluding carboxylic acids is 3. The number of hydrogen-bond donors (Lipinski definition) is 2. The van der Waals surface area contributed by atoms with E-state index in [4.69, 9.17) is 11.2 Å². The topological polar surface area (TPSA) is 87.7 Å². The van der Waals surface area contributed by atoms with Gasteiger partial charge in [0.05, 0.1) is 0 Å². The van der Waals surface area contributed by atoms with Gasteiger partial charge in [0.15, 0.2) is 0 Å². The Balaban J connectivity index is 2.46. The maximum Gasteiger partial charge on any atom is 0.408 e. The van der Waals surface area contributed by atoms with Crippen LogP contribution in [-0.4, -0.2) is 41.0 Å². The number of terminal acetylenes is 1. The largest absolute Gasteiger partial charge is 0.444 e. The zero-order valence-corrected chi connectivity index (χ0v) is 25.8. The third-order valence-corrected chi connectivity index (χ3v) is 6.82. The number of anilines is 1. The SMILES string of the molecule is C#Cc1ccc(C(C(=O)Nc2c(C)cccc2C)N(CCCCCCCC)C(=O)C(C)NC(=O)OC(C)(C)C)cc1. The van der Waals surface area contributed by atoms with Crippen molar-refractivity contribution in [2.75, 3.05) is 11.9 Å². The molecule has 222 valence electrons. The Morgan fingerprint density at radius 2 is 1.54 bits per heavy atom. The molecule has 2 aromatic carbocycles. The van der Waals surface area contributed by atoms with Crippen LogP contribution in [0, 0.1) is 26.2 Å². The molecule has 0 saturated carbocycles. The summed E-state index contributed by atoms with van der Waals surface area (Å²) in [4.78, 5) is 42.1. The molecule has 0 fully saturated rings. The Hall–Kier alpha value is -3.79. The average molecular weight is 562 g/mol. The van der Waals surface area contributed by atoms with Gasteiger partial charge in [-0.1, -0.05) is 75.3 Å². The maximum atomic E-state index is 14.1. The first-order chi connectivity index (χ1) is 19.4. The lowest BCUT2D eigenvalue weighted by Crippen LogP contribution is -2.51. The number of carbonyl (C=O) groups is 3. The van der Waals surface area contributed by atoms with Gasteiger partial charge in [0.1, 0.15) is 17.7 Å². The van der Waals surface area contributed by atoms with Crippen LogP contribution < -0.4 is 10.6 Å². The standard InChI is InChI=1S/C34H47N3O4/c1-9-11-12-13-14-15-23-37(32(39)26(5)35-33(40)41-34(6,7)8)30(28-21-19-27(10-2)20-22-28)31(38)36-29-24(3)17-16-18-25(29)4/h2,16-22,26,30H,9,11-15,23H2,1,3-8H3,(H,35,40)(H,36,38). The quantitative estimate of drug-likeness (QED) is 0.202. The van der Waals surface area contributed by atoms with Crippen molar-refractivity contribution < 1.29 is 19.1 Å². The molecule has 0 aliphatic carbocycles. The van der Waals surface area contributed by atoms with Crippen molar-refractivity contribution in [1.29, 1.82) is 0 Å². The number of benzene rings is 2. The van der Waals surface area contributed by atoms with Crippen molar-refractivity contribution in [3.63, 3.8) is 0 Å². The molecule has 0 bridgehead atoms. The molecule has 0 saturated heterocycles. The fraction of sp³-hybridized carbons (Fsp3) is 0.500. The first kappa shape index (κ1) is 33.4. The normalized spacial score (nSPS) is 12.5. The number of nitrogens with one attached hydrogen (secondary N) is 2. The number of hydrogen-bond acceptors (Lipinski definition) is 4. The molecule has 2 atom stereocenters. The molecule has 41 heavy (non-hydrogen) atoms. The van der Waals surface area contributed by atoms with Crippen LogP contribution >= 0.6 is 0 Å². The molecule has 2 unspecified atom stereocenters. The molecule has 7 nitrogen and oxygen atoms in total. The summed E-state index contributed by atoms with van der Waals surface area (Å²) in [7, 11) is 0. The fourth-order valence-corrected chi connectivity index (χ4v) is 4.66. The monoisotopic (exact) mass is 561 g/mol. The minimum atomic E-state index is -0.938. The van der Waals surface area contributed by atoms with Crippen LogP contribution in [0.1, 0.15) is 101 Å². The van der Waals surface area contributed by atoms with E-state index in [1.807, 2.05) is 32.0 Å². The van der Waals surface area contributed by atoms with Crippen molar-refractivity contribution in [3.05, 3.63) is 64.7 Å². The molecule has 0 spiro atoms. The number of rotatable bonds is 13. The molecule has 2 rings (SSSR count). The molecule has 2 aromatic rings. The lowest BCUT2D eigenvalue weighted by Gasteiger charge is -2.34. The molecule has 0 aromatic heterocycles. The van der Waals surface area contributed by atoms with Crippen LogP contribution in [0.4, 0.5) is 10.5 Å². The van der Waals surface area contributed by atoms with E-state index in [2.05, 4.69) is 23.5 Å². The Bertz CT molecular complexity index is 1190. The predicted molar refractivity (Wildman–Crippen MR) is 166 cm³/mol. The van der Waals surface area contributed by atoms with E-state index in [1.165, 1.54) is 6.42 Å². The highest BCUT2D eigenvalue weighted by Crippen LogP contribution is 2.28. The lowest BCUT2D eigenvalue weighted by molar-refractivity contribution is -0.140. The van der Waals surface area contributed by atoms with Crippen LogP contribution in [0.3, 0.4) is 0 Å². The average Bonchev–Trinajstić information content (AvgIpc) is 2.90. The van der Waals surface area contributed by atoms with Crippen molar-refractivity contribution in [2.45, 2.75) is 105 Å². The van der Waals surface area contributed by atoms with Crippen molar-refractivity contribution in [3.8, 4) is 12.3 Å². The Morgan fingerprint density at radius 3 is 2.10 bits per heavy atom. The summed E-state index contributed by atoms with van der Waals surface area (Å²) in [5.41, 5.74) is 3.17. The van der Waals surface area contributed by atoms with E-state index < -0.39 is 23.8 Å². The zero-order chi connectivity index (χ0) is 30.6. The number of ether oxygens (including phenoxy) is 1. The second kappa shape index (κ2) is 15.9. The number of nitrogens with zero attached hydrogens (tertiary/aromatic N) is 1.